The van der Waals surface area contributed by atoms with Gasteiger partial charge in [-0.05, 0) is 12.3 Å². The van der Waals surface area contributed by atoms with Crippen LogP contribution in [0.5, 0.6) is 0 Å². The number of fused-ring (bicyclic) bond motifs is 1. The molecule has 0 aliphatic heterocycles. The molecule has 0 atom stereocenters. The van der Waals surface area contributed by atoms with Gasteiger partial charge >= 0.3 is 0 Å². The molecular formula is C14H19N3. The maximum Gasteiger partial charge on any atom is 0.156 e. The lowest BCUT2D eigenvalue weighted by molar-refractivity contribution is 0.798. The van der Waals surface area contributed by atoms with E-state index in [-0.39, 0.29) is 0 Å². The summed E-state index contributed by atoms with van der Waals surface area (Å²) in [6, 6.07) is 8.33. The Balaban J connectivity index is 2.54. The topological polar surface area (TPSA) is 37.8 Å². The van der Waals surface area contributed by atoms with Crippen molar-refractivity contribution in [3.05, 3.63) is 30.0 Å². The van der Waals surface area contributed by atoms with Crippen LogP contribution in [0.1, 0.15) is 38.8 Å². The number of hydrogen-bond acceptors (Lipinski definition) is 3. The standard InChI is InChI=1S/C14H19N3/c1-4-9-15-14-12-8-6-5-7-11(12)13(10(2)3)16-17-14/h5-8,10H,4,9H2,1-3H3,(H,15,17). The first kappa shape index (κ1) is 11.8. The van der Waals surface area contributed by atoms with Gasteiger partial charge in [0, 0.05) is 17.3 Å². The summed E-state index contributed by atoms with van der Waals surface area (Å²) < 4.78 is 0. The van der Waals surface area contributed by atoms with Crippen molar-refractivity contribution in [2.24, 2.45) is 0 Å². The van der Waals surface area contributed by atoms with Crippen LogP contribution in [0.25, 0.3) is 10.8 Å². The maximum atomic E-state index is 4.35. The van der Waals surface area contributed by atoms with Gasteiger partial charge in [0.1, 0.15) is 0 Å². The third-order valence-corrected chi connectivity index (χ3v) is 2.81. The molecule has 17 heavy (non-hydrogen) atoms. The van der Waals surface area contributed by atoms with E-state index in [2.05, 4.69) is 54.5 Å². The van der Waals surface area contributed by atoms with E-state index in [0.29, 0.717) is 5.92 Å². The number of hydrogen-bond donors (Lipinski definition) is 1. The van der Waals surface area contributed by atoms with Gasteiger partial charge in [-0.2, -0.15) is 5.10 Å². The van der Waals surface area contributed by atoms with Crippen molar-refractivity contribution in [2.45, 2.75) is 33.1 Å². The number of anilines is 1. The SMILES string of the molecule is CCCNc1nnc(C(C)C)c2ccccc12. The van der Waals surface area contributed by atoms with Crippen LogP contribution in [0.15, 0.2) is 24.3 Å². The Morgan fingerprint density at radius 1 is 1.12 bits per heavy atom. The van der Waals surface area contributed by atoms with E-state index in [1.165, 1.54) is 10.8 Å². The average molecular weight is 229 g/mol. The van der Waals surface area contributed by atoms with Crippen LogP contribution in [0.2, 0.25) is 0 Å². The summed E-state index contributed by atoms with van der Waals surface area (Å²) in [6.45, 7) is 7.37. The predicted octanol–water partition coefficient (Wildman–Crippen LogP) is 3.58. The second kappa shape index (κ2) is 5.13. The lowest BCUT2D eigenvalue weighted by Crippen LogP contribution is -2.06. The Labute approximate surface area is 102 Å². The summed E-state index contributed by atoms with van der Waals surface area (Å²) in [6.07, 6.45) is 1.09. The molecule has 90 valence electrons. The highest BCUT2D eigenvalue weighted by atomic mass is 15.2. The van der Waals surface area contributed by atoms with Gasteiger partial charge in [-0.15, -0.1) is 5.10 Å². The van der Waals surface area contributed by atoms with Crippen molar-refractivity contribution >= 4 is 16.6 Å². The number of nitrogens with zero attached hydrogens (tertiary/aromatic N) is 2. The van der Waals surface area contributed by atoms with Gasteiger partial charge in [0.15, 0.2) is 5.82 Å². The van der Waals surface area contributed by atoms with E-state index >= 15 is 0 Å². The summed E-state index contributed by atoms with van der Waals surface area (Å²) in [7, 11) is 0. The van der Waals surface area contributed by atoms with Crippen molar-refractivity contribution in [2.75, 3.05) is 11.9 Å². The Hall–Kier alpha value is -1.64. The van der Waals surface area contributed by atoms with Crippen molar-refractivity contribution < 1.29 is 0 Å². The zero-order chi connectivity index (χ0) is 12.3. The molecule has 2 rings (SSSR count). The fourth-order valence-corrected chi connectivity index (χ4v) is 1.93. The minimum absolute atomic E-state index is 0.396. The third kappa shape index (κ3) is 2.38. The molecule has 0 aliphatic carbocycles. The van der Waals surface area contributed by atoms with Crippen LogP contribution in [-0.4, -0.2) is 16.7 Å². The van der Waals surface area contributed by atoms with Crippen LogP contribution in [0.3, 0.4) is 0 Å². The first-order valence-corrected chi connectivity index (χ1v) is 6.23. The Bertz CT molecular complexity index is 506. The molecule has 1 heterocycles. The highest BCUT2D eigenvalue weighted by Gasteiger charge is 2.10. The van der Waals surface area contributed by atoms with E-state index in [9.17, 15) is 0 Å². The Kier molecular flexibility index (Phi) is 3.57. The Morgan fingerprint density at radius 3 is 2.47 bits per heavy atom. The van der Waals surface area contributed by atoms with Gasteiger partial charge in [0.25, 0.3) is 0 Å². The highest BCUT2D eigenvalue weighted by Crippen LogP contribution is 2.26. The number of benzene rings is 1. The summed E-state index contributed by atoms with van der Waals surface area (Å²) in [5.74, 6) is 1.29. The van der Waals surface area contributed by atoms with Gasteiger partial charge in [-0.1, -0.05) is 45.0 Å². The molecule has 0 aliphatic rings. The van der Waals surface area contributed by atoms with E-state index in [1.807, 2.05) is 6.07 Å². The van der Waals surface area contributed by atoms with Crippen molar-refractivity contribution in [3.8, 4) is 0 Å². The zero-order valence-corrected chi connectivity index (χ0v) is 10.7. The van der Waals surface area contributed by atoms with Gasteiger partial charge in [-0.25, -0.2) is 0 Å². The third-order valence-electron chi connectivity index (χ3n) is 2.81. The molecule has 1 N–H and O–H groups in total. The van der Waals surface area contributed by atoms with E-state index in [1.54, 1.807) is 0 Å². The lowest BCUT2D eigenvalue weighted by Gasteiger charge is -2.12. The van der Waals surface area contributed by atoms with Crippen molar-refractivity contribution in [1.82, 2.24) is 10.2 Å². The fourth-order valence-electron chi connectivity index (χ4n) is 1.93. The lowest BCUT2D eigenvalue weighted by atomic mass is 10.0. The maximum absolute atomic E-state index is 4.35. The van der Waals surface area contributed by atoms with Gasteiger partial charge in [0.05, 0.1) is 5.69 Å². The Morgan fingerprint density at radius 2 is 1.82 bits per heavy atom. The molecule has 0 amide bonds. The molecule has 2 aromatic rings. The van der Waals surface area contributed by atoms with E-state index in [0.717, 1.165) is 24.5 Å². The second-order valence-corrected chi connectivity index (χ2v) is 4.56. The number of rotatable bonds is 4. The molecule has 1 aromatic carbocycles. The van der Waals surface area contributed by atoms with Crippen LogP contribution in [0, 0.1) is 0 Å². The molecule has 0 saturated heterocycles. The fraction of sp³-hybridized carbons (Fsp3) is 0.429. The van der Waals surface area contributed by atoms with Crippen LogP contribution in [0.4, 0.5) is 5.82 Å². The first-order valence-electron chi connectivity index (χ1n) is 6.23. The number of aromatic nitrogens is 2. The quantitative estimate of drug-likeness (QED) is 0.870. The molecule has 0 bridgehead atoms. The smallest absolute Gasteiger partial charge is 0.156 e. The highest BCUT2D eigenvalue weighted by molar-refractivity contribution is 5.93. The second-order valence-electron chi connectivity index (χ2n) is 4.56. The van der Waals surface area contributed by atoms with Gasteiger partial charge in [0.2, 0.25) is 0 Å². The molecular weight excluding hydrogens is 210 g/mol. The van der Waals surface area contributed by atoms with Crippen LogP contribution in [-0.2, 0) is 0 Å². The van der Waals surface area contributed by atoms with E-state index < -0.39 is 0 Å². The predicted molar refractivity (Wildman–Crippen MR) is 72.4 cm³/mol. The first-order chi connectivity index (χ1) is 8.24. The minimum atomic E-state index is 0.396. The molecule has 0 radical (unpaired) electrons. The van der Waals surface area contributed by atoms with Crippen molar-refractivity contribution in [1.29, 1.82) is 0 Å². The van der Waals surface area contributed by atoms with E-state index in [4.69, 9.17) is 0 Å². The van der Waals surface area contributed by atoms with Crippen molar-refractivity contribution in [3.63, 3.8) is 0 Å². The summed E-state index contributed by atoms with van der Waals surface area (Å²) in [4.78, 5) is 0. The van der Waals surface area contributed by atoms with Gasteiger partial charge < -0.3 is 5.32 Å². The monoisotopic (exact) mass is 229 g/mol. The molecule has 3 nitrogen and oxygen atoms in total. The summed E-state index contributed by atoms with van der Waals surface area (Å²) in [5.41, 5.74) is 1.07. The molecule has 0 spiro atoms. The van der Waals surface area contributed by atoms with Gasteiger partial charge in [-0.3, -0.25) is 0 Å². The molecule has 1 aromatic heterocycles. The summed E-state index contributed by atoms with van der Waals surface area (Å²) in [5, 5.41) is 14.4. The molecule has 0 saturated carbocycles. The number of nitrogens with one attached hydrogen (secondary N) is 1. The molecule has 3 heteroatoms. The summed E-state index contributed by atoms with van der Waals surface area (Å²) >= 11 is 0. The van der Waals surface area contributed by atoms with Crippen LogP contribution >= 0.6 is 0 Å². The average Bonchev–Trinajstić information content (AvgIpc) is 2.35. The zero-order valence-electron chi connectivity index (χ0n) is 10.7. The largest absolute Gasteiger partial charge is 0.368 e. The minimum Gasteiger partial charge on any atom is -0.368 e. The molecule has 0 fully saturated rings. The normalized spacial score (nSPS) is 11.1. The molecule has 0 unspecified atom stereocenters. The van der Waals surface area contributed by atoms with Crippen LogP contribution < -0.4 is 5.32 Å².